The molecule has 0 fully saturated rings. The molecule has 3 nitrogen and oxygen atoms in total. The van der Waals surface area contributed by atoms with Crippen LogP contribution in [0.15, 0.2) is 53.4 Å². The first-order chi connectivity index (χ1) is 9.83. The second-order valence-electron chi connectivity index (χ2n) is 4.65. The van der Waals surface area contributed by atoms with Crippen LogP contribution in [0.3, 0.4) is 0 Å². The number of nitrogens with two attached hydrogens (primary N) is 1. The van der Waals surface area contributed by atoms with Gasteiger partial charge in [0.1, 0.15) is 5.52 Å². The van der Waals surface area contributed by atoms with Crippen molar-refractivity contribution in [2.75, 3.05) is 5.73 Å². The van der Waals surface area contributed by atoms with E-state index in [1.165, 1.54) is 5.56 Å². The van der Waals surface area contributed by atoms with E-state index in [-0.39, 0.29) is 0 Å². The van der Waals surface area contributed by atoms with Crippen LogP contribution in [0.5, 0.6) is 0 Å². The average molecular weight is 277 g/mol. The SMILES string of the molecule is Nc1nc2ccccc2c2cc(-c3ccsc3)cnc12. The van der Waals surface area contributed by atoms with Gasteiger partial charge in [0.2, 0.25) is 0 Å². The minimum Gasteiger partial charge on any atom is -0.382 e. The molecule has 0 aliphatic heterocycles. The smallest absolute Gasteiger partial charge is 0.150 e. The standard InChI is InChI=1S/C16H11N3S/c17-16-15-13(12-3-1-2-4-14(12)19-16)7-11(8-18-15)10-5-6-20-9-10/h1-9H,(H2,17,19). The summed E-state index contributed by atoms with van der Waals surface area (Å²) in [6.07, 6.45) is 1.86. The molecular weight excluding hydrogens is 266 g/mol. The Morgan fingerprint density at radius 1 is 1.00 bits per heavy atom. The molecule has 4 rings (SSSR count). The fourth-order valence-electron chi connectivity index (χ4n) is 2.44. The fourth-order valence-corrected chi connectivity index (χ4v) is 3.11. The van der Waals surface area contributed by atoms with Gasteiger partial charge in [0, 0.05) is 22.5 Å². The Kier molecular flexibility index (Phi) is 2.44. The molecule has 0 saturated carbocycles. The number of pyridine rings is 2. The number of hydrogen-bond acceptors (Lipinski definition) is 4. The van der Waals surface area contributed by atoms with Gasteiger partial charge in [-0.25, -0.2) is 4.98 Å². The fraction of sp³-hybridized carbons (Fsp3) is 0. The predicted molar refractivity (Wildman–Crippen MR) is 84.8 cm³/mol. The molecule has 0 aliphatic carbocycles. The van der Waals surface area contributed by atoms with Gasteiger partial charge < -0.3 is 5.73 Å². The Morgan fingerprint density at radius 3 is 2.75 bits per heavy atom. The van der Waals surface area contributed by atoms with Crippen LogP contribution in [0.4, 0.5) is 5.82 Å². The highest BCUT2D eigenvalue weighted by molar-refractivity contribution is 7.08. The van der Waals surface area contributed by atoms with Crippen molar-refractivity contribution >= 4 is 39.0 Å². The summed E-state index contributed by atoms with van der Waals surface area (Å²) in [7, 11) is 0. The summed E-state index contributed by atoms with van der Waals surface area (Å²) < 4.78 is 0. The van der Waals surface area contributed by atoms with Crippen molar-refractivity contribution in [3.8, 4) is 11.1 Å². The van der Waals surface area contributed by atoms with Gasteiger partial charge in [-0.1, -0.05) is 18.2 Å². The molecule has 0 spiro atoms. The van der Waals surface area contributed by atoms with Crippen LogP contribution in [0.25, 0.3) is 32.9 Å². The van der Waals surface area contributed by atoms with Crippen molar-refractivity contribution in [3.63, 3.8) is 0 Å². The summed E-state index contributed by atoms with van der Waals surface area (Å²) in [5.74, 6) is 0.482. The van der Waals surface area contributed by atoms with Gasteiger partial charge in [0.05, 0.1) is 5.52 Å². The Balaban J connectivity index is 2.12. The van der Waals surface area contributed by atoms with Crippen LogP contribution >= 0.6 is 11.3 Å². The molecule has 3 heterocycles. The maximum absolute atomic E-state index is 6.02. The molecule has 2 N–H and O–H groups in total. The van der Waals surface area contributed by atoms with Gasteiger partial charge in [-0.3, -0.25) is 4.98 Å². The average Bonchev–Trinajstić information content (AvgIpc) is 3.01. The lowest BCUT2D eigenvalue weighted by Crippen LogP contribution is -1.95. The zero-order valence-corrected chi connectivity index (χ0v) is 11.4. The lowest BCUT2D eigenvalue weighted by Gasteiger charge is -2.07. The zero-order chi connectivity index (χ0) is 13.5. The van der Waals surface area contributed by atoms with Gasteiger partial charge >= 0.3 is 0 Å². The molecule has 0 radical (unpaired) electrons. The number of nitrogen functional groups attached to an aromatic ring is 1. The lowest BCUT2D eigenvalue weighted by molar-refractivity contribution is 1.36. The molecule has 0 atom stereocenters. The second-order valence-corrected chi connectivity index (χ2v) is 5.43. The highest BCUT2D eigenvalue weighted by atomic mass is 32.1. The van der Waals surface area contributed by atoms with Gasteiger partial charge in [0.25, 0.3) is 0 Å². The highest BCUT2D eigenvalue weighted by Gasteiger charge is 2.09. The first-order valence-corrected chi connectivity index (χ1v) is 7.24. The van der Waals surface area contributed by atoms with Gasteiger partial charge in [-0.05, 0) is 34.5 Å². The van der Waals surface area contributed by atoms with E-state index < -0.39 is 0 Å². The zero-order valence-electron chi connectivity index (χ0n) is 10.6. The Bertz CT molecular complexity index is 914. The molecule has 1 aromatic carbocycles. The van der Waals surface area contributed by atoms with E-state index in [2.05, 4.69) is 38.9 Å². The van der Waals surface area contributed by atoms with Gasteiger partial charge in [-0.15, -0.1) is 0 Å². The number of rotatable bonds is 1. The third-order valence-corrected chi connectivity index (χ3v) is 4.10. The molecule has 4 aromatic rings. The lowest BCUT2D eigenvalue weighted by atomic mass is 10.1. The van der Waals surface area contributed by atoms with Crippen LogP contribution in [-0.2, 0) is 0 Å². The number of nitrogens with zero attached hydrogens (tertiary/aromatic N) is 2. The molecule has 0 aliphatic rings. The number of thiophene rings is 1. The third-order valence-electron chi connectivity index (χ3n) is 3.42. The molecule has 0 amide bonds. The number of para-hydroxylation sites is 1. The van der Waals surface area contributed by atoms with Crippen LogP contribution in [0.2, 0.25) is 0 Å². The van der Waals surface area contributed by atoms with E-state index in [1.807, 2.05) is 24.4 Å². The van der Waals surface area contributed by atoms with E-state index in [4.69, 9.17) is 5.73 Å². The van der Waals surface area contributed by atoms with Crippen LogP contribution in [-0.4, -0.2) is 9.97 Å². The first-order valence-electron chi connectivity index (χ1n) is 6.29. The summed E-state index contributed by atoms with van der Waals surface area (Å²) in [5.41, 5.74) is 9.98. The van der Waals surface area contributed by atoms with Crippen molar-refractivity contribution in [2.24, 2.45) is 0 Å². The monoisotopic (exact) mass is 277 g/mol. The van der Waals surface area contributed by atoms with Gasteiger partial charge in [-0.2, -0.15) is 11.3 Å². The number of benzene rings is 1. The molecule has 20 heavy (non-hydrogen) atoms. The van der Waals surface area contributed by atoms with Crippen LogP contribution < -0.4 is 5.73 Å². The Labute approximate surface area is 119 Å². The highest BCUT2D eigenvalue weighted by Crippen LogP contribution is 2.30. The van der Waals surface area contributed by atoms with Crippen molar-refractivity contribution in [3.05, 3.63) is 53.4 Å². The largest absolute Gasteiger partial charge is 0.382 e. The van der Waals surface area contributed by atoms with Crippen molar-refractivity contribution in [1.29, 1.82) is 0 Å². The molecule has 0 unspecified atom stereocenters. The van der Waals surface area contributed by atoms with E-state index in [9.17, 15) is 0 Å². The normalized spacial score (nSPS) is 11.2. The van der Waals surface area contributed by atoms with E-state index in [1.54, 1.807) is 11.3 Å². The number of anilines is 1. The second kappa shape index (κ2) is 4.28. The maximum atomic E-state index is 6.02. The van der Waals surface area contributed by atoms with Crippen LogP contribution in [0, 0.1) is 0 Å². The molecule has 0 saturated heterocycles. The summed E-state index contributed by atoms with van der Waals surface area (Å²) >= 11 is 1.68. The number of hydrogen-bond donors (Lipinski definition) is 1. The van der Waals surface area contributed by atoms with Crippen molar-refractivity contribution in [1.82, 2.24) is 9.97 Å². The quantitative estimate of drug-likeness (QED) is 0.533. The number of fused-ring (bicyclic) bond motifs is 3. The molecular formula is C16H11N3S. The van der Waals surface area contributed by atoms with Gasteiger partial charge in [0.15, 0.2) is 5.82 Å². The Morgan fingerprint density at radius 2 is 1.90 bits per heavy atom. The third kappa shape index (κ3) is 1.66. The predicted octanol–water partition coefficient (Wildman–Crippen LogP) is 4.09. The molecule has 96 valence electrons. The summed E-state index contributed by atoms with van der Waals surface area (Å²) in [4.78, 5) is 8.92. The summed E-state index contributed by atoms with van der Waals surface area (Å²) in [6, 6.07) is 12.3. The van der Waals surface area contributed by atoms with Crippen LogP contribution in [0.1, 0.15) is 0 Å². The van der Waals surface area contributed by atoms with Crippen molar-refractivity contribution < 1.29 is 0 Å². The molecule has 0 bridgehead atoms. The number of aromatic nitrogens is 2. The first kappa shape index (κ1) is 11.4. The van der Waals surface area contributed by atoms with E-state index >= 15 is 0 Å². The molecule has 4 heteroatoms. The van der Waals surface area contributed by atoms with Crippen molar-refractivity contribution in [2.45, 2.75) is 0 Å². The maximum Gasteiger partial charge on any atom is 0.150 e. The topological polar surface area (TPSA) is 51.8 Å². The van der Waals surface area contributed by atoms with E-state index in [0.29, 0.717) is 5.82 Å². The summed E-state index contributed by atoms with van der Waals surface area (Å²) in [6.45, 7) is 0. The Hall–Kier alpha value is -2.46. The van der Waals surface area contributed by atoms with E-state index in [0.717, 1.165) is 27.4 Å². The summed E-state index contributed by atoms with van der Waals surface area (Å²) in [5, 5.41) is 6.33. The minimum atomic E-state index is 0.482. The minimum absolute atomic E-state index is 0.482. The molecule has 3 aromatic heterocycles.